The lowest BCUT2D eigenvalue weighted by molar-refractivity contribution is -0.138. The zero-order valence-electron chi connectivity index (χ0n) is 16.0. The van der Waals surface area contributed by atoms with Crippen molar-refractivity contribution in [3.05, 3.63) is 63.5 Å². The Morgan fingerprint density at radius 2 is 2.03 bits per heavy atom. The van der Waals surface area contributed by atoms with E-state index in [1.807, 2.05) is 0 Å². The average molecular weight is 440 g/mol. The Labute approximate surface area is 174 Å². The predicted molar refractivity (Wildman–Crippen MR) is 107 cm³/mol. The van der Waals surface area contributed by atoms with Gasteiger partial charge in [-0.3, -0.25) is 9.48 Å². The van der Waals surface area contributed by atoms with Gasteiger partial charge in [0.1, 0.15) is 6.67 Å². The van der Waals surface area contributed by atoms with Crippen molar-refractivity contribution in [2.24, 2.45) is 12.8 Å². The van der Waals surface area contributed by atoms with E-state index in [0.717, 1.165) is 17.4 Å². The van der Waals surface area contributed by atoms with Gasteiger partial charge < -0.3 is 11.1 Å². The maximum atomic E-state index is 13.2. The molecule has 0 aliphatic carbocycles. The van der Waals surface area contributed by atoms with Crippen LogP contribution in [0.2, 0.25) is 0 Å². The van der Waals surface area contributed by atoms with Crippen LogP contribution in [-0.2, 0) is 26.3 Å². The standard InChI is InChI=1S/C20H20F4N4OS/c1-28-18(14(8-21)10-26-28)13-7-17(30-11-13)19(29)27-15(9-25)6-12-4-2-3-5-16(12)20(22,23)24/h2-5,7,10-11,15H,6,8-9,25H2,1H3,(H,27,29)/t15-/m0/s1. The normalized spacial score (nSPS) is 12.7. The first-order valence-electron chi connectivity index (χ1n) is 9.06. The average Bonchev–Trinajstić information content (AvgIpc) is 3.33. The summed E-state index contributed by atoms with van der Waals surface area (Å²) >= 11 is 1.15. The molecule has 0 saturated carbocycles. The lowest BCUT2D eigenvalue weighted by Crippen LogP contribution is -2.41. The summed E-state index contributed by atoms with van der Waals surface area (Å²) in [6, 6.07) is 6.15. The first kappa shape index (κ1) is 22.0. The molecule has 30 heavy (non-hydrogen) atoms. The Kier molecular flexibility index (Phi) is 6.57. The van der Waals surface area contributed by atoms with Crippen molar-refractivity contribution in [2.45, 2.75) is 25.3 Å². The molecule has 3 N–H and O–H groups in total. The molecule has 3 rings (SSSR count). The predicted octanol–water partition coefficient (Wildman–Crippen LogP) is 3.94. The fraction of sp³-hybridized carbons (Fsp3) is 0.300. The molecule has 160 valence electrons. The summed E-state index contributed by atoms with van der Waals surface area (Å²) in [6.45, 7) is -0.710. The molecule has 1 aromatic carbocycles. The number of halogens is 4. The molecule has 0 bridgehead atoms. The van der Waals surface area contributed by atoms with E-state index in [1.165, 1.54) is 29.1 Å². The highest BCUT2D eigenvalue weighted by molar-refractivity contribution is 7.12. The summed E-state index contributed by atoms with van der Waals surface area (Å²) in [5.74, 6) is -0.449. The number of aromatic nitrogens is 2. The monoisotopic (exact) mass is 440 g/mol. The highest BCUT2D eigenvalue weighted by Crippen LogP contribution is 2.32. The number of rotatable bonds is 7. The van der Waals surface area contributed by atoms with Crippen molar-refractivity contribution in [3.8, 4) is 11.3 Å². The maximum absolute atomic E-state index is 13.2. The van der Waals surface area contributed by atoms with Crippen LogP contribution in [0.15, 0.2) is 41.9 Å². The molecule has 0 saturated heterocycles. The quantitative estimate of drug-likeness (QED) is 0.547. The first-order valence-corrected chi connectivity index (χ1v) is 9.94. The third-order valence-electron chi connectivity index (χ3n) is 4.66. The molecule has 1 atom stereocenters. The third kappa shape index (κ3) is 4.71. The highest BCUT2D eigenvalue weighted by atomic mass is 32.1. The van der Waals surface area contributed by atoms with E-state index in [2.05, 4.69) is 10.4 Å². The van der Waals surface area contributed by atoms with Crippen molar-refractivity contribution in [1.29, 1.82) is 0 Å². The van der Waals surface area contributed by atoms with Crippen molar-refractivity contribution < 1.29 is 22.4 Å². The number of nitrogens with one attached hydrogen (secondary N) is 1. The van der Waals surface area contributed by atoms with E-state index < -0.39 is 30.4 Å². The third-order valence-corrected chi connectivity index (χ3v) is 5.59. The van der Waals surface area contributed by atoms with Crippen LogP contribution in [0, 0.1) is 0 Å². The van der Waals surface area contributed by atoms with Gasteiger partial charge in [0.15, 0.2) is 0 Å². The van der Waals surface area contributed by atoms with Gasteiger partial charge in [0.05, 0.1) is 22.3 Å². The van der Waals surface area contributed by atoms with Gasteiger partial charge in [-0.2, -0.15) is 18.3 Å². The van der Waals surface area contributed by atoms with Gasteiger partial charge in [0.25, 0.3) is 5.91 Å². The molecule has 0 fully saturated rings. The van der Waals surface area contributed by atoms with Crippen LogP contribution in [0.1, 0.15) is 26.4 Å². The van der Waals surface area contributed by atoms with E-state index in [1.54, 1.807) is 18.5 Å². The Morgan fingerprint density at radius 3 is 2.70 bits per heavy atom. The molecule has 10 heteroatoms. The van der Waals surface area contributed by atoms with Crippen molar-refractivity contribution in [2.75, 3.05) is 6.54 Å². The number of hydrogen-bond acceptors (Lipinski definition) is 4. The fourth-order valence-electron chi connectivity index (χ4n) is 3.22. The molecular weight excluding hydrogens is 420 g/mol. The second kappa shape index (κ2) is 8.97. The topological polar surface area (TPSA) is 72.9 Å². The Bertz CT molecular complexity index is 1030. The minimum Gasteiger partial charge on any atom is -0.347 e. The second-order valence-corrected chi connectivity index (χ2v) is 7.65. The largest absolute Gasteiger partial charge is 0.416 e. The number of thiophene rings is 1. The molecule has 5 nitrogen and oxygen atoms in total. The minimum absolute atomic E-state index is 0.0239. The van der Waals surface area contributed by atoms with Crippen molar-refractivity contribution in [1.82, 2.24) is 15.1 Å². The highest BCUT2D eigenvalue weighted by Gasteiger charge is 2.33. The van der Waals surface area contributed by atoms with Crippen molar-refractivity contribution >= 4 is 17.2 Å². The lowest BCUT2D eigenvalue weighted by atomic mass is 9.99. The molecule has 0 radical (unpaired) electrons. The van der Waals surface area contributed by atoms with Gasteiger partial charge in [0.2, 0.25) is 0 Å². The Balaban J connectivity index is 1.76. The van der Waals surface area contributed by atoms with Crippen LogP contribution in [0.4, 0.5) is 17.6 Å². The number of benzene rings is 1. The number of carbonyl (C=O) groups is 1. The molecule has 2 aromatic heterocycles. The van der Waals surface area contributed by atoms with Crippen LogP contribution >= 0.6 is 11.3 Å². The summed E-state index contributed by atoms with van der Waals surface area (Å²) in [5.41, 5.74) is 6.64. The Morgan fingerprint density at radius 1 is 1.30 bits per heavy atom. The molecule has 0 spiro atoms. The fourth-order valence-corrected chi connectivity index (χ4v) is 4.02. The summed E-state index contributed by atoms with van der Waals surface area (Å²) in [6.07, 6.45) is -3.11. The van der Waals surface area contributed by atoms with E-state index in [0.29, 0.717) is 21.7 Å². The molecule has 1 amide bonds. The van der Waals surface area contributed by atoms with Gasteiger partial charge in [-0.1, -0.05) is 18.2 Å². The smallest absolute Gasteiger partial charge is 0.347 e. The molecule has 0 aliphatic rings. The van der Waals surface area contributed by atoms with E-state index in [4.69, 9.17) is 5.73 Å². The number of nitrogens with two attached hydrogens (primary N) is 1. The first-order chi connectivity index (χ1) is 14.2. The van der Waals surface area contributed by atoms with Gasteiger partial charge >= 0.3 is 6.18 Å². The van der Waals surface area contributed by atoms with Crippen molar-refractivity contribution in [3.63, 3.8) is 0 Å². The van der Waals surface area contributed by atoms with Gasteiger partial charge in [-0.05, 0) is 24.1 Å². The van der Waals surface area contributed by atoms with Gasteiger partial charge in [0, 0.05) is 36.1 Å². The zero-order valence-corrected chi connectivity index (χ0v) is 16.9. The molecule has 3 aromatic rings. The molecule has 2 heterocycles. The van der Waals surface area contributed by atoms with E-state index in [-0.39, 0.29) is 18.5 Å². The minimum atomic E-state index is -4.49. The van der Waals surface area contributed by atoms with Gasteiger partial charge in [-0.25, -0.2) is 4.39 Å². The van der Waals surface area contributed by atoms with Crippen LogP contribution in [-0.4, -0.2) is 28.3 Å². The van der Waals surface area contributed by atoms with Crippen LogP contribution in [0.25, 0.3) is 11.3 Å². The van der Waals surface area contributed by atoms with Crippen LogP contribution < -0.4 is 11.1 Å². The lowest BCUT2D eigenvalue weighted by Gasteiger charge is -2.19. The maximum Gasteiger partial charge on any atom is 0.416 e. The summed E-state index contributed by atoms with van der Waals surface area (Å²) < 4.78 is 54.3. The molecule has 0 unspecified atom stereocenters. The van der Waals surface area contributed by atoms with Crippen LogP contribution in [0.5, 0.6) is 0 Å². The SMILES string of the molecule is Cn1ncc(CF)c1-c1csc(C(=O)N[C@H](CN)Cc2ccccc2C(F)(F)F)c1. The van der Waals surface area contributed by atoms with Crippen LogP contribution in [0.3, 0.4) is 0 Å². The molecule has 0 aliphatic heterocycles. The number of hydrogen-bond donors (Lipinski definition) is 2. The molecular formula is C20H20F4N4OS. The second-order valence-electron chi connectivity index (χ2n) is 6.74. The number of aryl methyl sites for hydroxylation is 1. The summed E-state index contributed by atoms with van der Waals surface area (Å²) in [5, 5.41) is 8.43. The summed E-state index contributed by atoms with van der Waals surface area (Å²) in [4.78, 5) is 13.0. The zero-order chi connectivity index (χ0) is 21.9. The number of amides is 1. The van der Waals surface area contributed by atoms with Gasteiger partial charge in [-0.15, -0.1) is 11.3 Å². The Hall–Kier alpha value is -2.72. The summed E-state index contributed by atoms with van der Waals surface area (Å²) in [7, 11) is 1.68. The number of nitrogens with zero attached hydrogens (tertiary/aromatic N) is 2. The van der Waals surface area contributed by atoms with E-state index in [9.17, 15) is 22.4 Å². The number of carbonyl (C=O) groups excluding carboxylic acids is 1. The number of alkyl halides is 4. The van der Waals surface area contributed by atoms with E-state index >= 15 is 0 Å².